The molecule has 1 amide bonds. The van der Waals surface area contributed by atoms with Crippen molar-refractivity contribution in [2.75, 3.05) is 12.4 Å². The highest BCUT2D eigenvalue weighted by Crippen LogP contribution is 2.12. The summed E-state index contributed by atoms with van der Waals surface area (Å²) in [5.41, 5.74) is 7.49. The summed E-state index contributed by atoms with van der Waals surface area (Å²) < 4.78 is 5.16. The molecule has 0 radical (unpaired) electrons. The Labute approximate surface area is 117 Å². The van der Waals surface area contributed by atoms with Gasteiger partial charge in [-0.15, -0.1) is 10.2 Å². The molecule has 0 bridgehead atoms. The molecule has 0 saturated heterocycles. The highest BCUT2D eigenvalue weighted by Gasteiger charge is 2.04. The van der Waals surface area contributed by atoms with E-state index in [4.69, 9.17) is 10.5 Å². The molecule has 104 valence electrons. The van der Waals surface area contributed by atoms with Gasteiger partial charge in [0, 0.05) is 13.7 Å². The maximum atomic E-state index is 10.9. The van der Waals surface area contributed by atoms with Gasteiger partial charge in [-0.05, 0) is 23.3 Å². The second-order valence-electron chi connectivity index (χ2n) is 4.22. The van der Waals surface area contributed by atoms with Crippen LogP contribution < -0.4 is 11.1 Å². The fourth-order valence-corrected chi connectivity index (χ4v) is 1.77. The lowest BCUT2D eigenvalue weighted by molar-refractivity contribution is 0.0994. The van der Waals surface area contributed by atoms with E-state index in [9.17, 15) is 4.79 Å². The van der Waals surface area contributed by atoms with Gasteiger partial charge in [0.25, 0.3) is 5.91 Å². The van der Waals surface area contributed by atoms with Crippen LogP contribution in [-0.4, -0.2) is 23.2 Å². The van der Waals surface area contributed by atoms with E-state index >= 15 is 0 Å². The topological polar surface area (TPSA) is 90.1 Å². The lowest BCUT2D eigenvalue weighted by atomic mass is 10.1. The van der Waals surface area contributed by atoms with Crippen molar-refractivity contribution in [2.24, 2.45) is 5.73 Å². The number of nitrogens with one attached hydrogen (secondary N) is 1. The molecule has 0 aliphatic carbocycles. The summed E-state index contributed by atoms with van der Waals surface area (Å²) >= 11 is 0. The third-order valence-corrected chi connectivity index (χ3v) is 2.80. The van der Waals surface area contributed by atoms with E-state index in [0.29, 0.717) is 19.0 Å². The number of hydrogen-bond donors (Lipinski definition) is 2. The van der Waals surface area contributed by atoms with Crippen LogP contribution in [0.5, 0.6) is 0 Å². The highest BCUT2D eigenvalue weighted by molar-refractivity contribution is 5.90. The van der Waals surface area contributed by atoms with E-state index in [0.717, 1.165) is 11.1 Å². The Morgan fingerprint density at radius 3 is 2.55 bits per heavy atom. The van der Waals surface area contributed by atoms with Crippen molar-refractivity contribution < 1.29 is 9.53 Å². The van der Waals surface area contributed by atoms with Gasteiger partial charge in [0.15, 0.2) is 5.69 Å². The minimum absolute atomic E-state index is 0.148. The van der Waals surface area contributed by atoms with Crippen molar-refractivity contribution in [3.63, 3.8) is 0 Å². The van der Waals surface area contributed by atoms with Crippen LogP contribution in [0.25, 0.3) is 0 Å². The molecule has 0 fully saturated rings. The first-order valence-electron chi connectivity index (χ1n) is 6.14. The summed E-state index contributed by atoms with van der Waals surface area (Å²) in [6.07, 6.45) is 0. The summed E-state index contributed by atoms with van der Waals surface area (Å²) in [5.74, 6) is -0.00305. The first-order valence-corrected chi connectivity index (χ1v) is 6.14. The molecule has 2 rings (SSSR count). The van der Waals surface area contributed by atoms with Gasteiger partial charge >= 0.3 is 0 Å². The number of nitrogens with two attached hydrogens (primary N) is 1. The number of carbonyl (C=O) groups excluding carboxylic acids is 1. The summed E-state index contributed by atoms with van der Waals surface area (Å²) in [7, 11) is 1.66. The molecule has 1 heterocycles. The number of benzene rings is 1. The van der Waals surface area contributed by atoms with E-state index in [2.05, 4.69) is 15.5 Å². The van der Waals surface area contributed by atoms with E-state index < -0.39 is 5.91 Å². The number of hydrogen-bond acceptors (Lipinski definition) is 5. The van der Waals surface area contributed by atoms with E-state index in [1.165, 1.54) is 0 Å². The number of primary amides is 1. The van der Waals surface area contributed by atoms with Crippen LogP contribution in [-0.2, 0) is 17.9 Å². The molecule has 6 heteroatoms. The van der Waals surface area contributed by atoms with Gasteiger partial charge in [-0.3, -0.25) is 4.79 Å². The van der Waals surface area contributed by atoms with Gasteiger partial charge in [0.05, 0.1) is 6.61 Å². The average molecular weight is 272 g/mol. The molecule has 3 N–H and O–H groups in total. The van der Waals surface area contributed by atoms with Crippen molar-refractivity contribution >= 4 is 11.7 Å². The number of carbonyl (C=O) groups is 1. The summed E-state index contributed by atoms with van der Waals surface area (Å²) in [4.78, 5) is 10.9. The lowest BCUT2D eigenvalue weighted by Gasteiger charge is -2.10. The number of aromatic nitrogens is 2. The Morgan fingerprint density at radius 1 is 1.20 bits per heavy atom. The van der Waals surface area contributed by atoms with E-state index in [1.54, 1.807) is 19.2 Å². The number of amides is 1. The molecule has 1 aromatic heterocycles. The lowest BCUT2D eigenvalue weighted by Crippen LogP contribution is -2.14. The van der Waals surface area contributed by atoms with Crippen LogP contribution in [0, 0.1) is 0 Å². The first-order chi connectivity index (χ1) is 9.70. The van der Waals surface area contributed by atoms with Gasteiger partial charge < -0.3 is 15.8 Å². The number of ether oxygens (including phenoxy) is 1. The minimum atomic E-state index is -0.588. The fraction of sp³-hybridized carbons (Fsp3) is 0.214. The first kappa shape index (κ1) is 14.0. The smallest absolute Gasteiger partial charge is 0.269 e. The molecule has 0 saturated carbocycles. The third-order valence-electron chi connectivity index (χ3n) is 2.80. The molecular formula is C14H16N4O2. The molecule has 0 unspecified atom stereocenters. The molecule has 6 nitrogen and oxygen atoms in total. The fourth-order valence-electron chi connectivity index (χ4n) is 1.77. The monoisotopic (exact) mass is 272 g/mol. The van der Waals surface area contributed by atoms with Crippen LogP contribution in [0.4, 0.5) is 5.82 Å². The van der Waals surface area contributed by atoms with Crippen LogP contribution >= 0.6 is 0 Å². The van der Waals surface area contributed by atoms with Gasteiger partial charge in [0.2, 0.25) is 0 Å². The number of anilines is 1. The molecular weight excluding hydrogens is 256 g/mol. The van der Waals surface area contributed by atoms with Gasteiger partial charge in [-0.2, -0.15) is 0 Å². The van der Waals surface area contributed by atoms with Crippen molar-refractivity contribution in [1.82, 2.24) is 10.2 Å². The summed E-state index contributed by atoms with van der Waals surface area (Å²) in [6.45, 7) is 1.16. The second-order valence-corrected chi connectivity index (χ2v) is 4.22. The largest absolute Gasteiger partial charge is 0.380 e. The molecule has 0 aliphatic rings. The number of rotatable bonds is 6. The van der Waals surface area contributed by atoms with Crippen LogP contribution in [0.1, 0.15) is 21.6 Å². The zero-order valence-electron chi connectivity index (χ0n) is 11.2. The minimum Gasteiger partial charge on any atom is -0.380 e. The van der Waals surface area contributed by atoms with Crippen LogP contribution in [0.15, 0.2) is 36.4 Å². The predicted octanol–water partition coefficient (Wildman–Crippen LogP) is 1.33. The summed E-state index contributed by atoms with van der Waals surface area (Å²) in [5, 5.41) is 10.8. The zero-order valence-corrected chi connectivity index (χ0v) is 11.2. The maximum absolute atomic E-state index is 10.9. The molecule has 20 heavy (non-hydrogen) atoms. The third kappa shape index (κ3) is 3.52. The molecule has 2 aromatic rings. The van der Waals surface area contributed by atoms with Crippen LogP contribution in [0.2, 0.25) is 0 Å². The van der Waals surface area contributed by atoms with Crippen LogP contribution in [0.3, 0.4) is 0 Å². The Morgan fingerprint density at radius 2 is 1.95 bits per heavy atom. The highest BCUT2D eigenvalue weighted by atomic mass is 16.5. The van der Waals surface area contributed by atoms with Gasteiger partial charge in [0.1, 0.15) is 5.82 Å². The Kier molecular flexibility index (Phi) is 4.62. The normalized spacial score (nSPS) is 10.2. The maximum Gasteiger partial charge on any atom is 0.269 e. The zero-order chi connectivity index (χ0) is 14.4. The van der Waals surface area contributed by atoms with Crippen molar-refractivity contribution in [2.45, 2.75) is 13.2 Å². The van der Waals surface area contributed by atoms with Gasteiger partial charge in [-0.25, -0.2) is 0 Å². The predicted molar refractivity (Wildman–Crippen MR) is 75.0 cm³/mol. The van der Waals surface area contributed by atoms with Crippen molar-refractivity contribution in [1.29, 1.82) is 0 Å². The Balaban J connectivity index is 2.03. The van der Waals surface area contributed by atoms with E-state index in [1.807, 2.05) is 24.3 Å². The van der Waals surface area contributed by atoms with E-state index in [-0.39, 0.29) is 5.69 Å². The SMILES string of the molecule is COCc1ccccc1CNc1ccc(C(N)=O)nn1. The van der Waals surface area contributed by atoms with Crippen molar-refractivity contribution in [3.05, 3.63) is 53.2 Å². The molecule has 1 aromatic carbocycles. The quantitative estimate of drug-likeness (QED) is 0.828. The summed E-state index contributed by atoms with van der Waals surface area (Å²) in [6, 6.07) is 11.2. The van der Waals surface area contributed by atoms with Crippen molar-refractivity contribution in [3.8, 4) is 0 Å². The second kappa shape index (κ2) is 6.63. The molecule has 0 aliphatic heterocycles. The number of nitrogens with zero attached hydrogens (tertiary/aromatic N) is 2. The average Bonchev–Trinajstić information content (AvgIpc) is 2.47. The molecule has 0 spiro atoms. The number of methoxy groups -OCH3 is 1. The van der Waals surface area contributed by atoms with Gasteiger partial charge in [-0.1, -0.05) is 24.3 Å². The standard InChI is InChI=1S/C14H16N4O2/c1-20-9-11-5-3-2-4-10(11)8-16-13-7-6-12(14(15)19)17-18-13/h2-7H,8-9H2,1H3,(H2,15,19)(H,16,18). The molecule has 0 atom stereocenters. The Bertz CT molecular complexity index is 584. The Hall–Kier alpha value is -2.47.